The molecule has 4 aromatic heterocycles. The third kappa shape index (κ3) is 13.0. The van der Waals surface area contributed by atoms with Gasteiger partial charge in [0.15, 0.2) is 11.6 Å². The van der Waals surface area contributed by atoms with Crippen molar-refractivity contribution in [3.8, 4) is 135 Å². The van der Waals surface area contributed by atoms with Gasteiger partial charge < -0.3 is 0 Å². The highest BCUT2D eigenvalue weighted by Crippen LogP contribution is 2.42. The smallest absolute Gasteiger partial charge is 0.160 e. The predicted molar refractivity (Wildman–Crippen MR) is 467 cm³/mol. The summed E-state index contributed by atoms with van der Waals surface area (Å²) < 4.78 is 0. The number of hydrogen-bond donors (Lipinski definition) is 0. The van der Waals surface area contributed by atoms with E-state index in [4.69, 9.17) is 19.9 Å². The average Bonchev–Trinajstić information content (AvgIpc) is 0.765. The van der Waals surface area contributed by atoms with Crippen molar-refractivity contribution in [1.82, 2.24) is 29.9 Å². The number of pyridine rings is 2. The molecule has 0 fully saturated rings. The number of fused-ring (bicyclic) bond motifs is 11. The van der Waals surface area contributed by atoms with Crippen molar-refractivity contribution in [1.29, 1.82) is 0 Å². The van der Waals surface area contributed by atoms with E-state index in [0.717, 1.165) is 106 Å². The molecule has 112 heavy (non-hydrogen) atoms. The minimum absolute atomic E-state index is 0.680. The lowest BCUT2D eigenvalue weighted by atomic mass is 9.92. The molecule has 0 N–H and O–H groups in total. The van der Waals surface area contributed by atoms with Crippen molar-refractivity contribution in [3.63, 3.8) is 0 Å². The Balaban J connectivity index is 0.000000146. The summed E-state index contributed by atoms with van der Waals surface area (Å²) in [6.07, 6.45) is 7.39. The summed E-state index contributed by atoms with van der Waals surface area (Å²) in [7, 11) is 0. The molecular formula is C106H68N6. The van der Waals surface area contributed by atoms with E-state index < -0.39 is 0 Å². The Hall–Kier alpha value is -15.0. The van der Waals surface area contributed by atoms with Gasteiger partial charge in [0, 0.05) is 58.2 Å². The van der Waals surface area contributed by atoms with Gasteiger partial charge in [-0.05, 0) is 215 Å². The van der Waals surface area contributed by atoms with Crippen molar-refractivity contribution >= 4 is 75.4 Å². The van der Waals surface area contributed by atoms with Crippen LogP contribution in [0.5, 0.6) is 0 Å². The maximum Gasteiger partial charge on any atom is 0.160 e. The summed E-state index contributed by atoms with van der Waals surface area (Å²) in [4.78, 5) is 29.7. The van der Waals surface area contributed by atoms with Gasteiger partial charge in [-0.3, -0.25) is 9.97 Å². The lowest BCUT2D eigenvalue weighted by Crippen LogP contribution is -1.96. The van der Waals surface area contributed by atoms with Gasteiger partial charge in [0.25, 0.3) is 0 Å². The van der Waals surface area contributed by atoms with Crippen LogP contribution in [0, 0.1) is 0 Å². The van der Waals surface area contributed by atoms with Crippen molar-refractivity contribution in [2.75, 3.05) is 0 Å². The summed E-state index contributed by atoms with van der Waals surface area (Å²) in [5, 5.41) is 17.4. The van der Waals surface area contributed by atoms with Crippen LogP contribution in [0.3, 0.4) is 0 Å². The number of hydrogen-bond acceptors (Lipinski definition) is 6. The Morgan fingerprint density at radius 2 is 0.455 bits per heavy atom. The van der Waals surface area contributed by atoms with Crippen LogP contribution in [0.25, 0.3) is 210 Å². The average molecular weight is 1430 g/mol. The monoisotopic (exact) mass is 1420 g/mol. The second-order valence-electron chi connectivity index (χ2n) is 28.6. The first kappa shape index (κ1) is 66.5. The number of nitrogens with zero attached hydrogens (tertiary/aromatic N) is 6. The highest BCUT2D eigenvalue weighted by Gasteiger charge is 2.19. The predicted octanol–water partition coefficient (Wildman–Crippen LogP) is 27.8. The molecule has 0 aliphatic carbocycles. The molecule has 0 radical (unpaired) electrons. The fourth-order valence-corrected chi connectivity index (χ4v) is 16.0. The van der Waals surface area contributed by atoms with Crippen LogP contribution in [-0.4, -0.2) is 29.9 Å². The Morgan fingerprint density at radius 1 is 0.143 bits per heavy atom. The maximum atomic E-state index is 5.29. The second-order valence-corrected chi connectivity index (χ2v) is 28.6. The third-order valence-corrected chi connectivity index (χ3v) is 21.7. The van der Waals surface area contributed by atoms with E-state index in [-0.39, 0.29) is 0 Å². The van der Waals surface area contributed by atoms with E-state index in [9.17, 15) is 0 Å². The first-order valence-electron chi connectivity index (χ1n) is 37.9. The van der Waals surface area contributed by atoms with Crippen LogP contribution in [0.4, 0.5) is 0 Å². The minimum Gasteiger partial charge on any atom is -0.264 e. The third-order valence-electron chi connectivity index (χ3n) is 21.7. The molecule has 0 spiro atoms. The van der Waals surface area contributed by atoms with E-state index in [1.165, 1.54) is 92.1 Å². The maximum absolute atomic E-state index is 5.29. The molecule has 0 unspecified atom stereocenters. The largest absolute Gasteiger partial charge is 0.264 e. The Morgan fingerprint density at radius 3 is 0.929 bits per heavy atom. The Bertz CT molecular complexity index is 7140. The highest BCUT2D eigenvalue weighted by molar-refractivity contribution is 6.26. The molecule has 4 heterocycles. The zero-order chi connectivity index (χ0) is 74.3. The molecule has 0 saturated carbocycles. The van der Waals surface area contributed by atoms with Gasteiger partial charge in [0.2, 0.25) is 0 Å². The van der Waals surface area contributed by atoms with Crippen LogP contribution < -0.4 is 0 Å². The van der Waals surface area contributed by atoms with E-state index in [1.54, 1.807) is 12.4 Å². The molecule has 6 heteroatoms. The van der Waals surface area contributed by atoms with Gasteiger partial charge in [-0.15, -0.1) is 0 Å². The van der Waals surface area contributed by atoms with Gasteiger partial charge in [-0.25, -0.2) is 19.9 Å². The molecule has 17 aromatic carbocycles. The molecule has 21 rings (SSSR count). The molecule has 0 bridgehead atoms. The Labute approximate surface area is 648 Å². The fourth-order valence-electron chi connectivity index (χ4n) is 16.0. The van der Waals surface area contributed by atoms with Crippen LogP contribution in [-0.2, 0) is 0 Å². The number of aromatic nitrogens is 6. The molecule has 6 nitrogen and oxygen atoms in total. The zero-order valence-electron chi connectivity index (χ0n) is 60.9. The molecule has 522 valence electrons. The molecule has 0 aliphatic heterocycles. The van der Waals surface area contributed by atoms with Crippen molar-refractivity contribution in [2.24, 2.45) is 0 Å². The van der Waals surface area contributed by atoms with Crippen molar-refractivity contribution in [2.45, 2.75) is 0 Å². The lowest BCUT2D eigenvalue weighted by Gasteiger charge is -2.13. The van der Waals surface area contributed by atoms with Crippen LogP contribution >= 0.6 is 0 Å². The van der Waals surface area contributed by atoms with Crippen molar-refractivity contribution < 1.29 is 0 Å². The molecule has 0 aliphatic rings. The van der Waals surface area contributed by atoms with Gasteiger partial charge >= 0.3 is 0 Å². The van der Waals surface area contributed by atoms with Crippen molar-refractivity contribution in [3.05, 3.63) is 413 Å². The first-order chi connectivity index (χ1) is 55.4. The number of benzene rings is 17. The van der Waals surface area contributed by atoms with E-state index in [2.05, 4.69) is 386 Å². The summed E-state index contributed by atoms with van der Waals surface area (Å²) in [5.41, 5.74) is 23.1. The van der Waals surface area contributed by atoms with Crippen LogP contribution in [0.2, 0.25) is 0 Å². The summed E-state index contributed by atoms with van der Waals surface area (Å²) in [6.45, 7) is 0. The minimum atomic E-state index is 0.680. The normalized spacial score (nSPS) is 11.4. The molecular weight excluding hydrogens is 1360 g/mol. The SMILES string of the molecule is c1cncc(-c2ccc(-c3cc(-c4cccc(-c5ccc6ccccc6c5)c4)nc(-c4cccc(-c5cc6ccccc6c6ccccc56)c4)n3)cc2)c1.c1cncc(-c2ccc(-c3cc(-c4cccc(-c5ccc6ccccc6c5)c4)nc(-c4cccc(-c5ccc6c7ccccc7c7ccccc7c6c5)c4)n3)cc2)c1. The summed E-state index contributed by atoms with van der Waals surface area (Å²) in [6, 6.07) is 138. The van der Waals surface area contributed by atoms with E-state index >= 15 is 0 Å². The Kier molecular flexibility index (Phi) is 17.2. The quantitative estimate of drug-likeness (QED) is 0.113. The number of rotatable bonds is 12. The van der Waals surface area contributed by atoms with E-state index in [0.29, 0.717) is 11.6 Å². The topological polar surface area (TPSA) is 77.3 Å². The van der Waals surface area contributed by atoms with Gasteiger partial charge in [0.1, 0.15) is 0 Å². The second kappa shape index (κ2) is 29.0. The standard InChI is InChI=1S/C55H35N3.C51H33N3/c1-2-11-39-30-42(26-23-36(39)10-1)40-12-7-14-44(31-40)54-34-53(38-24-21-37(22-25-38)46-16-9-29-56-35-46)57-55(58-54)45-15-8-13-41(32-45)43-27-28-51-49-19-4-3-17-47(49)48-18-5-6-20-50(48)52(51)33-43;1-2-11-37-28-39(26-23-34(37)10-1)38-13-7-15-42(29-38)50-32-49(36-24-21-35(22-25-36)44-17-9-27-52-33-44)53-51(54-50)43-16-8-14-40(30-43)48-31-41-12-3-4-18-45(41)46-19-5-6-20-47(46)48/h1-35H;1-33H. The zero-order valence-corrected chi connectivity index (χ0v) is 60.9. The summed E-state index contributed by atoms with van der Waals surface area (Å²) in [5.74, 6) is 1.36. The molecule has 21 aromatic rings. The highest BCUT2D eigenvalue weighted by atomic mass is 14.9. The summed E-state index contributed by atoms with van der Waals surface area (Å²) >= 11 is 0. The van der Waals surface area contributed by atoms with Gasteiger partial charge in [-0.1, -0.05) is 315 Å². The van der Waals surface area contributed by atoms with Crippen LogP contribution in [0.15, 0.2) is 413 Å². The fraction of sp³-hybridized carbons (Fsp3) is 0. The molecule has 0 atom stereocenters. The molecule has 0 amide bonds. The van der Waals surface area contributed by atoms with Gasteiger partial charge in [-0.2, -0.15) is 0 Å². The first-order valence-corrected chi connectivity index (χ1v) is 37.9. The lowest BCUT2D eigenvalue weighted by molar-refractivity contribution is 1.18. The molecule has 0 saturated heterocycles. The van der Waals surface area contributed by atoms with E-state index in [1.807, 2.05) is 24.5 Å². The van der Waals surface area contributed by atoms with Crippen LogP contribution in [0.1, 0.15) is 0 Å². The van der Waals surface area contributed by atoms with Gasteiger partial charge in [0.05, 0.1) is 22.8 Å².